The fourth-order valence-corrected chi connectivity index (χ4v) is 5.26. The molecule has 3 N–H and O–H groups in total. The number of benzene rings is 1. The molecule has 1 saturated heterocycles. The molecule has 2 aromatic rings. The molecule has 0 radical (unpaired) electrons. The summed E-state index contributed by atoms with van der Waals surface area (Å²) in [6.45, 7) is 0.160. The van der Waals surface area contributed by atoms with Crippen LogP contribution in [-0.4, -0.2) is 68.4 Å². The second kappa shape index (κ2) is 10.8. The van der Waals surface area contributed by atoms with Crippen LogP contribution in [0.15, 0.2) is 35.4 Å². The van der Waals surface area contributed by atoms with Gasteiger partial charge in [0.15, 0.2) is 0 Å². The number of anilines is 2. The third-order valence-corrected chi connectivity index (χ3v) is 8.00. The van der Waals surface area contributed by atoms with E-state index in [1.54, 1.807) is 0 Å². The lowest BCUT2D eigenvalue weighted by Crippen LogP contribution is -2.36. The first-order valence-electron chi connectivity index (χ1n) is 11.8. The molecule has 0 atom stereocenters. The van der Waals surface area contributed by atoms with E-state index in [2.05, 4.69) is 20.0 Å². The lowest BCUT2D eigenvalue weighted by atomic mass is 9.93. The molecule has 2 aliphatic rings. The van der Waals surface area contributed by atoms with Crippen molar-refractivity contribution in [1.29, 1.82) is 0 Å². The van der Waals surface area contributed by atoms with Crippen molar-refractivity contribution in [3.63, 3.8) is 0 Å². The van der Waals surface area contributed by atoms with Gasteiger partial charge in [0.05, 0.1) is 29.2 Å². The highest BCUT2D eigenvalue weighted by Gasteiger charge is 2.44. The average molecular weight is 544 g/mol. The summed E-state index contributed by atoms with van der Waals surface area (Å²) in [6, 6.07) is 5.19. The predicted octanol–water partition coefficient (Wildman–Crippen LogP) is 2.71. The quantitative estimate of drug-likeness (QED) is 0.417. The Morgan fingerprint density at radius 2 is 1.89 bits per heavy atom. The molecule has 0 bridgehead atoms. The summed E-state index contributed by atoms with van der Waals surface area (Å²) in [5.74, 6) is -0.557. The number of carbonyl (C=O) groups is 1. The van der Waals surface area contributed by atoms with Crippen molar-refractivity contribution in [3.8, 4) is 6.01 Å². The van der Waals surface area contributed by atoms with Crippen molar-refractivity contribution in [2.24, 2.45) is 5.41 Å². The van der Waals surface area contributed by atoms with Crippen molar-refractivity contribution >= 4 is 27.4 Å². The van der Waals surface area contributed by atoms with Gasteiger partial charge in [0.2, 0.25) is 10.0 Å². The predicted molar refractivity (Wildman–Crippen MR) is 128 cm³/mol. The average Bonchev–Trinajstić information content (AvgIpc) is 3.61. The first kappa shape index (κ1) is 27.1. The maximum atomic E-state index is 13.2. The van der Waals surface area contributed by atoms with Gasteiger partial charge < -0.3 is 20.1 Å². The van der Waals surface area contributed by atoms with Gasteiger partial charge in [0, 0.05) is 25.8 Å². The van der Waals surface area contributed by atoms with E-state index in [-0.39, 0.29) is 35.4 Å². The third kappa shape index (κ3) is 7.08. The van der Waals surface area contributed by atoms with Crippen LogP contribution in [-0.2, 0) is 10.0 Å². The summed E-state index contributed by atoms with van der Waals surface area (Å²) >= 11 is 0. The molecule has 4 rings (SSSR count). The van der Waals surface area contributed by atoms with E-state index in [9.17, 15) is 26.4 Å². The number of aliphatic hydroxyl groups is 1. The number of aliphatic hydroxyl groups excluding tert-OH is 1. The van der Waals surface area contributed by atoms with Crippen LogP contribution in [0.25, 0.3) is 0 Å². The SMILES string of the molecule is O=C(Nc1ccnc(OCCC(F)(F)F)n1)c1ccc(S(=O)(=O)NCCO)cc1N1CCC2(CC1)CC2. The van der Waals surface area contributed by atoms with Gasteiger partial charge in [0.1, 0.15) is 12.4 Å². The maximum absolute atomic E-state index is 13.2. The molecule has 14 heteroatoms. The number of aromatic nitrogens is 2. The molecule has 1 saturated carbocycles. The van der Waals surface area contributed by atoms with Gasteiger partial charge >= 0.3 is 12.2 Å². The highest BCUT2D eigenvalue weighted by atomic mass is 32.2. The minimum absolute atomic E-state index is 0.0184. The van der Waals surface area contributed by atoms with Gasteiger partial charge in [-0.05, 0) is 55.4 Å². The Kier molecular flexibility index (Phi) is 7.90. The smallest absolute Gasteiger partial charge is 0.392 e. The number of hydrogen-bond acceptors (Lipinski definition) is 8. The van der Waals surface area contributed by atoms with Crippen molar-refractivity contribution in [2.75, 3.05) is 43.1 Å². The van der Waals surface area contributed by atoms with Gasteiger partial charge in [0.25, 0.3) is 5.91 Å². The van der Waals surface area contributed by atoms with Gasteiger partial charge in [-0.1, -0.05) is 0 Å². The van der Waals surface area contributed by atoms with Crippen LogP contribution in [0, 0.1) is 5.41 Å². The zero-order valence-electron chi connectivity index (χ0n) is 19.9. The number of rotatable bonds is 10. The molecule has 1 aromatic carbocycles. The summed E-state index contributed by atoms with van der Waals surface area (Å²) in [5, 5.41) is 11.6. The van der Waals surface area contributed by atoms with Crippen LogP contribution < -0.4 is 19.7 Å². The van der Waals surface area contributed by atoms with E-state index in [0.717, 1.165) is 12.8 Å². The van der Waals surface area contributed by atoms with E-state index in [0.29, 0.717) is 24.2 Å². The number of nitrogens with one attached hydrogen (secondary N) is 2. The van der Waals surface area contributed by atoms with Gasteiger partial charge in [-0.3, -0.25) is 4.79 Å². The molecule has 202 valence electrons. The van der Waals surface area contributed by atoms with Crippen molar-refractivity contribution in [1.82, 2.24) is 14.7 Å². The van der Waals surface area contributed by atoms with Crippen molar-refractivity contribution in [3.05, 3.63) is 36.0 Å². The Hall–Kier alpha value is -2.97. The monoisotopic (exact) mass is 543 g/mol. The molecule has 1 aliphatic heterocycles. The molecule has 1 spiro atoms. The van der Waals surface area contributed by atoms with E-state index in [1.165, 1.54) is 43.3 Å². The van der Waals surface area contributed by atoms with Crippen LogP contribution >= 0.6 is 0 Å². The van der Waals surface area contributed by atoms with Crippen LogP contribution in [0.4, 0.5) is 24.7 Å². The summed E-state index contributed by atoms with van der Waals surface area (Å²) in [6.07, 6.45) is -0.0756. The number of piperidine rings is 1. The van der Waals surface area contributed by atoms with Crippen LogP contribution in [0.5, 0.6) is 6.01 Å². The van der Waals surface area contributed by atoms with Crippen LogP contribution in [0.3, 0.4) is 0 Å². The minimum atomic E-state index is -4.39. The fraction of sp³-hybridized carbons (Fsp3) is 0.522. The largest absolute Gasteiger partial charge is 0.463 e. The Labute approximate surface area is 212 Å². The third-order valence-electron chi connectivity index (χ3n) is 6.54. The molecule has 2 fully saturated rings. The number of ether oxygens (including phenoxy) is 1. The van der Waals surface area contributed by atoms with E-state index >= 15 is 0 Å². The molecule has 37 heavy (non-hydrogen) atoms. The Morgan fingerprint density at radius 1 is 1.16 bits per heavy atom. The summed E-state index contributed by atoms with van der Waals surface area (Å²) in [4.78, 5) is 22.9. The van der Waals surface area contributed by atoms with E-state index in [4.69, 9.17) is 9.84 Å². The van der Waals surface area contributed by atoms with Gasteiger partial charge in [-0.15, -0.1) is 0 Å². The van der Waals surface area contributed by atoms with Crippen molar-refractivity contribution < 1.29 is 36.2 Å². The molecular formula is C23H28F3N5O5S. The Bertz CT molecular complexity index is 1230. The van der Waals surface area contributed by atoms with Crippen molar-refractivity contribution in [2.45, 2.75) is 43.2 Å². The topological polar surface area (TPSA) is 134 Å². The lowest BCUT2D eigenvalue weighted by molar-refractivity contribution is -0.139. The zero-order chi connectivity index (χ0) is 26.7. The summed E-state index contributed by atoms with van der Waals surface area (Å²) < 4.78 is 69.6. The molecule has 1 aromatic heterocycles. The molecule has 1 aliphatic carbocycles. The number of sulfonamides is 1. The zero-order valence-corrected chi connectivity index (χ0v) is 20.7. The Morgan fingerprint density at radius 3 is 2.54 bits per heavy atom. The van der Waals surface area contributed by atoms with Gasteiger partial charge in [-0.25, -0.2) is 18.1 Å². The normalized spacial score (nSPS) is 17.0. The summed E-state index contributed by atoms with van der Waals surface area (Å²) in [7, 11) is -3.91. The lowest BCUT2D eigenvalue weighted by Gasteiger charge is -2.35. The van der Waals surface area contributed by atoms with E-state index < -0.39 is 35.1 Å². The first-order chi connectivity index (χ1) is 17.5. The minimum Gasteiger partial charge on any atom is -0.463 e. The molecule has 0 unspecified atom stereocenters. The first-order valence-corrected chi connectivity index (χ1v) is 13.3. The number of carbonyl (C=O) groups excluding carboxylic acids is 1. The second-order valence-electron chi connectivity index (χ2n) is 9.18. The summed E-state index contributed by atoms with van der Waals surface area (Å²) in [5.41, 5.74) is 1.01. The van der Waals surface area contributed by atoms with Gasteiger partial charge in [-0.2, -0.15) is 18.2 Å². The van der Waals surface area contributed by atoms with Crippen LogP contribution in [0.2, 0.25) is 0 Å². The number of halogens is 3. The maximum Gasteiger partial charge on any atom is 0.392 e. The molecule has 1 amide bonds. The van der Waals surface area contributed by atoms with Crippen LogP contribution in [0.1, 0.15) is 42.5 Å². The number of alkyl halides is 3. The molecule has 10 nitrogen and oxygen atoms in total. The number of nitrogens with zero attached hydrogens (tertiary/aromatic N) is 3. The van der Waals surface area contributed by atoms with E-state index in [1.807, 2.05) is 4.90 Å². The second-order valence-corrected chi connectivity index (χ2v) is 10.9. The number of hydrogen-bond donors (Lipinski definition) is 3. The number of amides is 1. The standard InChI is InChI=1S/C23H28F3N5O5S/c24-23(25,26)8-14-36-21-27-9-3-19(30-21)29-20(33)17-2-1-16(37(34,35)28-10-13-32)15-18(17)31-11-6-22(4-5-22)7-12-31/h1-3,9,15,28,32H,4-8,10-14H2,(H,27,29,30,33). The highest BCUT2D eigenvalue weighted by Crippen LogP contribution is 2.54. The Balaban J connectivity index is 1.55. The molecule has 2 heterocycles. The highest BCUT2D eigenvalue weighted by molar-refractivity contribution is 7.89. The fourth-order valence-electron chi connectivity index (χ4n) is 4.22. The molecular weight excluding hydrogens is 515 g/mol.